The fourth-order valence-electron chi connectivity index (χ4n) is 3.73. The number of amides is 3. The zero-order valence-corrected chi connectivity index (χ0v) is 20.1. The number of benzene rings is 1. The van der Waals surface area contributed by atoms with Crippen LogP contribution in [0, 0.1) is 5.92 Å². The van der Waals surface area contributed by atoms with Crippen molar-refractivity contribution in [3.8, 4) is 0 Å². The number of pyridine rings is 1. The Hall–Kier alpha value is -4.41. The maximum absolute atomic E-state index is 13.0. The first kappa shape index (κ1) is 26.2. The minimum atomic E-state index is -1.40. The first-order chi connectivity index (χ1) is 17.1. The molecule has 11 heteroatoms. The van der Waals surface area contributed by atoms with Crippen molar-refractivity contribution in [1.82, 2.24) is 14.9 Å². The van der Waals surface area contributed by atoms with Crippen LogP contribution in [0.2, 0.25) is 0 Å². The second-order valence-electron chi connectivity index (χ2n) is 8.70. The summed E-state index contributed by atoms with van der Waals surface area (Å²) in [5.74, 6) is -0.572. The van der Waals surface area contributed by atoms with Gasteiger partial charge >= 0.3 is 6.09 Å². The minimum absolute atomic E-state index is 0.0241. The quantitative estimate of drug-likeness (QED) is 0.296. The molecule has 0 radical (unpaired) electrons. The predicted octanol–water partition coefficient (Wildman–Crippen LogP) is 2.63. The smallest absolute Gasteiger partial charge is 0.405 e. The molecular weight excluding hydrogens is 466 g/mol. The van der Waals surface area contributed by atoms with E-state index in [9.17, 15) is 19.2 Å². The summed E-state index contributed by atoms with van der Waals surface area (Å²) in [6, 6.07) is 7.59. The molecule has 0 saturated heterocycles. The Balaban J connectivity index is 1.77. The highest BCUT2D eigenvalue weighted by atomic mass is 16.4. The van der Waals surface area contributed by atoms with Crippen molar-refractivity contribution in [2.45, 2.75) is 45.7 Å². The number of nitrogens with two attached hydrogens (primary N) is 1. The van der Waals surface area contributed by atoms with Crippen LogP contribution < -0.4 is 21.9 Å². The lowest BCUT2D eigenvalue weighted by molar-refractivity contribution is -0.118. The van der Waals surface area contributed by atoms with Gasteiger partial charge in [-0.25, -0.2) is 9.78 Å². The Morgan fingerprint density at radius 2 is 2.00 bits per heavy atom. The number of allylic oxidation sites excluding steroid dienone is 1. The van der Waals surface area contributed by atoms with Gasteiger partial charge in [0, 0.05) is 6.20 Å². The molecule has 3 amide bonds. The number of para-hydroxylation sites is 1. The van der Waals surface area contributed by atoms with Crippen molar-refractivity contribution in [1.29, 1.82) is 0 Å². The van der Waals surface area contributed by atoms with E-state index in [1.807, 2.05) is 18.2 Å². The number of hydrogen-bond donors (Lipinski definition) is 4. The van der Waals surface area contributed by atoms with Crippen LogP contribution in [0.15, 0.2) is 57.9 Å². The maximum atomic E-state index is 13.0. The first-order valence-electron chi connectivity index (χ1n) is 11.5. The van der Waals surface area contributed by atoms with Crippen molar-refractivity contribution in [2.24, 2.45) is 11.7 Å². The van der Waals surface area contributed by atoms with E-state index >= 15 is 0 Å². The fraction of sp³-hybridized carbons (Fsp3) is 0.320. The van der Waals surface area contributed by atoms with E-state index in [0.29, 0.717) is 17.4 Å². The van der Waals surface area contributed by atoms with Crippen molar-refractivity contribution in [2.75, 3.05) is 5.32 Å². The molecule has 3 rings (SSSR count). The molecule has 0 spiro atoms. The van der Waals surface area contributed by atoms with E-state index in [1.165, 1.54) is 16.7 Å². The molecule has 0 fully saturated rings. The van der Waals surface area contributed by atoms with Gasteiger partial charge in [0.2, 0.25) is 17.7 Å². The lowest BCUT2D eigenvalue weighted by atomic mass is 10.0. The van der Waals surface area contributed by atoms with E-state index in [-0.39, 0.29) is 25.1 Å². The van der Waals surface area contributed by atoms with Crippen LogP contribution in [-0.2, 0) is 22.6 Å². The molecule has 3 aromatic rings. The molecule has 0 aliphatic heterocycles. The number of carbonyl (C=O) groups is 3. The molecule has 2 aromatic heterocycles. The van der Waals surface area contributed by atoms with Gasteiger partial charge in [0.1, 0.15) is 23.8 Å². The zero-order chi connectivity index (χ0) is 26.2. The zero-order valence-electron chi connectivity index (χ0n) is 20.1. The third-order valence-electron chi connectivity index (χ3n) is 5.28. The number of carbonyl (C=O) groups excluding carboxylic acids is 2. The Kier molecular flexibility index (Phi) is 8.61. The monoisotopic (exact) mass is 495 g/mol. The Labute approximate surface area is 207 Å². The largest absolute Gasteiger partial charge is 0.465 e. The topological polar surface area (TPSA) is 170 Å². The summed E-state index contributed by atoms with van der Waals surface area (Å²) in [7, 11) is 0. The molecule has 1 atom stereocenters. The van der Waals surface area contributed by atoms with Crippen LogP contribution in [0.5, 0.6) is 0 Å². The van der Waals surface area contributed by atoms with Crippen LogP contribution in [0.3, 0.4) is 0 Å². The minimum Gasteiger partial charge on any atom is -0.465 e. The Bertz CT molecular complexity index is 1340. The van der Waals surface area contributed by atoms with E-state index in [1.54, 1.807) is 12.3 Å². The Morgan fingerprint density at radius 1 is 1.22 bits per heavy atom. The van der Waals surface area contributed by atoms with Gasteiger partial charge in [-0.2, -0.15) is 0 Å². The average molecular weight is 496 g/mol. The Morgan fingerprint density at radius 3 is 2.69 bits per heavy atom. The molecule has 0 unspecified atom stereocenters. The SMILES string of the molecule is CC(C)Cc1cccc2oc(Cn3cccc(NC(=O)[C@H](CC/C=C/C(N)=O)NC(=O)O)c3=O)nc12. The highest BCUT2D eigenvalue weighted by molar-refractivity contribution is 5.96. The molecule has 0 aliphatic rings. The van der Waals surface area contributed by atoms with Gasteiger partial charge in [-0.15, -0.1) is 0 Å². The van der Waals surface area contributed by atoms with Gasteiger partial charge in [-0.1, -0.05) is 32.1 Å². The molecule has 5 N–H and O–H groups in total. The summed E-state index contributed by atoms with van der Waals surface area (Å²) < 4.78 is 7.20. The number of oxazole rings is 1. The van der Waals surface area contributed by atoms with Gasteiger partial charge in [-0.05, 0) is 55.0 Å². The van der Waals surface area contributed by atoms with Crippen molar-refractivity contribution in [3.63, 3.8) is 0 Å². The number of carboxylic acid groups (broad SMARTS) is 1. The molecule has 0 bridgehead atoms. The number of hydrogen-bond acceptors (Lipinski definition) is 6. The summed E-state index contributed by atoms with van der Waals surface area (Å²) in [5.41, 5.74) is 6.95. The summed E-state index contributed by atoms with van der Waals surface area (Å²) in [6.07, 6.45) is 3.84. The number of nitrogens with one attached hydrogen (secondary N) is 2. The first-order valence-corrected chi connectivity index (χ1v) is 11.5. The van der Waals surface area contributed by atoms with Crippen LogP contribution in [0.1, 0.15) is 38.1 Å². The van der Waals surface area contributed by atoms with Crippen molar-refractivity contribution >= 4 is 34.7 Å². The normalized spacial score (nSPS) is 12.2. The number of primary amides is 1. The summed E-state index contributed by atoms with van der Waals surface area (Å²) >= 11 is 0. The second kappa shape index (κ2) is 11.8. The van der Waals surface area contributed by atoms with Crippen LogP contribution in [0.4, 0.5) is 10.5 Å². The number of anilines is 1. The van der Waals surface area contributed by atoms with E-state index in [2.05, 4.69) is 29.5 Å². The predicted molar refractivity (Wildman–Crippen MR) is 134 cm³/mol. The molecule has 11 nitrogen and oxygen atoms in total. The highest BCUT2D eigenvalue weighted by Crippen LogP contribution is 2.22. The van der Waals surface area contributed by atoms with E-state index in [4.69, 9.17) is 15.3 Å². The van der Waals surface area contributed by atoms with E-state index in [0.717, 1.165) is 23.6 Å². The summed E-state index contributed by atoms with van der Waals surface area (Å²) in [6.45, 7) is 4.29. The lowest BCUT2D eigenvalue weighted by Crippen LogP contribution is -2.44. The van der Waals surface area contributed by atoms with Gasteiger partial charge in [-0.3, -0.25) is 14.4 Å². The number of nitrogens with zero attached hydrogens (tertiary/aromatic N) is 2. The molecular formula is C25H29N5O6. The average Bonchev–Trinajstić information content (AvgIpc) is 3.21. The molecule has 36 heavy (non-hydrogen) atoms. The maximum Gasteiger partial charge on any atom is 0.405 e. The molecule has 1 aromatic carbocycles. The van der Waals surface area contributed by atoms with Crippen molar-refractivity contribution in [3.05, 3.63) is 70.5 Å². The van der Waals surface area contributed by atoms with Crippen molar-refractivity contribution < 1.29 is 23.9 Å². The van der Waals surface area contributed by atoms with Crippen LogP contribution in [0.25, 0.3) is 11.1 Å². The van der Waals surface area contributed by atoms with Gasteiger partial charge in [0.15, 0.2) is 5.58 Å². The summed E-state index contributed by atoms with van der Waals surface area (Å²) in [4.78, 5) is 52.2. The van der Waals surface area contributed by atoms with Crippen LogP contribution >= 0.6 is 0 Å². The van der Waals surface area contributed by atoms with Crippen LogP contribution in [-0.4, -0.2) is 38.6 Å². The van der Waals surface area contributed by atoms with Gasteiger partial charge < -0.3 is 30.5 Å². The van der Waals surface area contributed by atoms with Gasteiger partial charge in [0.25, 0.3) is 5.56 Å². The summed E-state index contributed by atoms with van der Waals surface area (Å²) in [5, 5.41) is 13.7. The third kappa shape index (κ3) is 7.05. The number of aromatic nitrogens is 2. The lowest BCUT2D eigenvalue weighted by Gasteiger charge is -2.16. The number of fused-ring (bicyclic) bond motifs is 1. The number of rotatable bonds is 11. The molecule has 0 saturated carbocycles. The highest BCUT2D eigenvalue weighted by Gasteiger charge is 2.21. The second-order valence-corrected chi connectivity index (χ2v) is 8.70. The molecule has 190 valence electrons. The third-order valence-corrected chi connectivity index (χ3v) is 5.28. The van der Waals surface area contributed by atoms with E-state index < -0.39 is 29.5 Å². The standard InChI is InChI=1S/C25H29N5O6/c1-15(2)13-16-7-5-10-19-22(16)29-21(36-19)14-30-12-6-9-18(24(30)33)27-23(32)17(28-25(34)35)8-3-4-11-20(26)31/h4-7,9-12,15,17,28H,3,8,13-14H2,1-2H3,(H2,26,31)(H,27,32)(H,34,35)/b11-4+/t17-/m0/s1. The fourth-order valence-corrected chi connectivity index (χ4v) is 3.73. The van der Waals surface area contributed by atoms with Gasteiger partial charge in [0.05, 0.1) is 0 Å². The molecule has 0 aliphatic carbocycles. The molecule has 2 heterocycles.